The highest BCUT2D eigenvalue weighted by Crippen LogP contribution is 2.32. The van der Waals surface area contributed by atoms with Crippen LogP contribution in [-0.4, -0.2) is 30.4 Å². The van der Waals surface area contributed by atoms with Crippen molar-refractivity contribution in [2.75, 3.05) is 16.8 Å². The van der Waals surface area contributed by atoms with Gasteiger partial charge in [0.25, 0.3) is 11.8 Å². The zero-order valence-corrected chi connectivity index (χ0v) is 21.2. The Kier molecular flexibility index (Phi) is 7.61. The molecule has 2 amide bonds. The molecule has 4 rings (SSSR count). The summed E-state index contributed by atoms with van der Waals surface area (Å²) >= 11 is 12.2. The molecule has 0 aromatic heterocycles. The normalized spacial score (nSPS) is 13.1. The molecule has 1 aliphatic heterocycles. The van der Waals surface area contributed by atoms with Crippen LogP contribution >= 0.6 is 23.2 Å². The summed E-state index contributed by atoms with van der Waals surface area (Å²) in [5, 5.41) is 3.05. The minimum absolute atomic E-state index is 0.0514. The third-order valence-corrected chi connectivity index (χ3v) is 6.17. The molecule has 0 saturated carbocycles. The Balaban J connectivity index is 1.51. The number of nitrogens with one attached hydrogen (secondary N) is 1. The Morgan fingerprint density at radius 2 is 1.62 bits per heavy atom. The van der Waals surface area contributed by atoms with Crippen LogP contribution in [0.2, 0.25) is 5.02 Å². The van der Waals surface area contributed by atoms with Gasteiger partial charge in [0.2, 0.25) is 0 Å². The number of hydrogen-bond acceptors (Lipinski definition) is 7. The van der Waals surface area contributed by atoms with Crippen LogP contribution in [-0.2, 0) is 14.3 Å². The highest BCUT2D eigenvalue weighted by Gasteiger charge is 2.40. The first-order chi connectivity index (χ1) is 17.7. The van der Waals surface area contributed by atoms with E-state index >= 15 is 0 Å². The molecule has 37 heavy (non-hydrogen) atoms. The average Bonchev–Trinajstić information content (AvgIpc) is 3.09. The predicted molar refractivity (Wildman–Crippen MR) is 139 cm³/mol. The number of halogens is 2. The van der Waals surface area contributed by atoms with Crippen molar-refractivity contribution >= 4 is 58.3 Å². The summed E-state index contributed by atoms with van der Waals surface area (Å²) in [6.07, 6.45) is 0. The van der Waals surface area contributed by atoms with Crippen molar-refractivity contribution in [2.45, 2.75) is 13.8 Å². The van der Waals surface area contributed by atoms with E-state index in [9.17, 15) is 19.2 Å². The number of aryl methyl sites for hydroxylation is 1. The predicted octanol–water partition coefficient (Wildman–Crippen LogP) is 5.48. The van der Waals surface area contributed by atoms with Gasteiger partial charge in [-0.25, -0.2) is 14.5 Å². The number of rotatable bonds is 7. The maximum atomic E-state index is 13.2. The van der Waals surface area contributed by atoms with Gasteiger partial charge in [-0.05, 0) is 74.0 Å². The number of carbonyl (C=O) groups excluding carboxylic acids is 4. The Morgan fingerprint density at radius 3 is 2.30 bits per heavy atom. The molecule has 8 nitrogen and oxygen atoms in total. The van der Waals surface area contributed by atoms with Gasteiger partial charge in [0, 0.05) is 10.7 Å². The second-order valence-electron chi connectivity index (χ2n) is 7.88. The van der Waals surface area contributed by atoms with E-state index in [4.69, 9.17) is 32.7 Å². The van der Waals surface area contributed by atoms with Crippen molar-refractivity contribution in [3.05, 3.63) is 99.2 Å². The summed E-state index contributed by atoms with van der Waals surface area (Å²) < 4.78 is 10.4. The van der Waals surface area contributed by atoms with E-state index in [0.717, 1.165) is 10.5 Å². The van der Waals surface area contributed by atoms with Crippen LogP contribution < -0.4 is 15.0 Å². The number of anilines is 2. The van der Waals surface area contributed by atoms with E-state index in [1.807, 2.05) is 0 Å². The van der Waals surface area contributed by atoms with Crippen LogP contribution in [0.15, 0.2) is 77.5 Å². The molecular formula is C27H20Cl2N2O6. The minimum Gasteiger partial charge on any atom is -0.462 e. The molecule has 0 spiro atoms. The van der Waals surface area contributed by atoms with Crippen LogP contribution in [0.1, 0.15) is 33.2 Å². The molecular weight excluding hydrogens is 519 g/mol. The lowest BCUT2D eigenvalue weighted by atomic mass is 10.1. The van der Waals surface area contributed by atoms with Crippen LogP contribution in [0.25, 0.3) is 0 Å². The molecule has 0 unspecified atom stereocenters. The van der Waals surface area contributed by atoms with E-state index in [1.165, 1.54) is 36.4 Å². The van der Waals surface area contributed by atoms with Gasteiger partial charge >= 0.3 is 11.9 Å². The fraction of sp³-hybridized carbons (Fsp3) is 0.111. The fourth-order valence-corrected chi connectivity index (χ4v) is 3.89. The number of ether oxygens (including phenoxy) is 2. The number of esters is 2. The van der Waals surface area contributed by atoms with E-state index < -0.39 is 23.8 Å². The zero-order valence-electron chi connectivity index (χ0n) is 19.7. The summed E-state index contributed by atoms with van der Waals surface area (Å²) in [6, 6.07) is 17.0. The van der Waals surface area contributed by atoms with Crippen molar-refractivity contribution < 1.29 is 28.7 Å². The third-order valence-electron chi connectivity index (χ3n) is 5.40. The quantitative estimate of drug-likeness (QED) is 0.241. The number of imide groups is 1. The Hall–Kier alpha value is -4.14. The van der Waals surface area contributed by atoms with Crippen molar-refractivity contribution in [1.29, 1.82) is 0 Å². The molecule has 0 radical (unpaired) electrons. The molecule has 3 aromatic rings. The third kappa shape index (κ3) is 5.35. The van der Waals surface area contributed by atoms with Gasteiger partial charge < -0.3 is 14.8 Å². The maximum absolute atomic E-state index is 13.2. The number of para-hydroxylation sites is 1. The van der Waals surface area contributed by atoms with Crippen molar-refractivity contribution in [3.8, 4) is 5.75 Å². The Bertz CT molecular complexity index is 1450. The largest absolute Gasteiger partial charge is 0.462 e. The molecule has 188 valence electrons. The van der Waals surface area contributed by atoms with E-state index in [-0.39, 0.29) is 34.2 Å². The van der Waals surface area contributed by atoms with Crippen molar-refractivity contribution in [2.24, 2.45) is 0 Å². The van der Waals surface area contributed by atoms with E-state index in [2.05, 4.69) is 5.32 Å². The zero-order chi connectivity index (χ0) is 26.7. The maximum Gasteiger partial charge on any atom is 0.343 e. The number of benzene rings is 3. The lowest BCUT2D eigenvalue weighted by Crippen LogP contribution is -2.33. The first-order valence-corrected chi connectivity index (χ1v) is 11.9. The van der Waals surface area contributed by atoms with Gasteiger partial charge in [-0.3, -0.25) is 9.59 Å². The molecule has 1 heterocycles. The number of carbonyl (C=O) groups is 4. The van der Waals surface area contributed by atoms with Crippen LogP contribution in [0.4, 0.5) is 11.4 Å². The van der Waals surface area contributed by atoms with Crippen LogP contribution in [0.5, 0.6) is 5.75 Å². The van der Waals surface area contributed by atoms with Gasteiger partial charge in [0.15, 0.2) is 0 Å². The molecule has 1 aliphatic rings. The summed E-state index contributed by atoms with van der Waals surface area (Å²) in [5.74, 6) is -2.44. The first-order valence-electron chi connectivity index (χ1n) is 11.1. The van der Waals surface area contributed by atoms with Gasteiger partial charge in [0.05, 0.1) is 23.4 Å². The molecule has 10 heteroatoms. The molecule has 0 saturated heterocycles. The molecule has 1 N–H and O–H groups in total. The van der Waals surface area contributed by atoms with Gasteiger partial charge in [0.1, 0.15) is 16.5 Å². The SMILES string of the molecule is CCOC(=O)c1ccccc1N1C(=O)C(Cl)=C(Nc2ccc(C(=O)Oc3ccc(Cl)c(C)c3)cc2)C1=O. The Morgan fingerprint density at radius 1 is 0.919 bits per heavy atom. The van der Waals surface area contributed by atoms with E-state index in [1.54, 1.807) is 44.2 Å². The monoisotopic (exact) mass is 538 g/mol. The van der Waals surface area contributed by atoms with Crippen molar-refractivity contribution in [3.63, 3.8) is 0 Å². The molecule has 0 fully saturated rings. The highest BCUT2D eigenvalue weighted by atomic mass is 35.5. The van der Waals surface area contributed by atoms with E-state index in [0.29, 0.717) is 16.5 Å². The van der Waals surface area contributed by atoms with Crippen LogP contribution in [0, 0.1) is 6.92 Å². The smallest absolute Gasteiger partial charge is 0.343 e. The summed E-state index contributed by atoms with van der Waals surface area (Å²) in [5.41, 5.74) is 1.37. The lowest BCUT2D eigenvalue weighted by Gasteiger charge is -2.18. The molecule has 0 aliphatic carbocycles. The fourth-order valence-electron chi connectivity index (χ4n) is 3.56. The highest BCUT2D eigenvalue weighted by molar-refractivity contribution is 6.53. The van der Waals surface area contributed by atoms with Gasteiger partial charge in [-0.15, -0.1) is 0 Å². The molecule has 3 aromatic carbocycles. The number of hydrogen-bond donors (Lipinski definition) is 1. The standard InChI is InChI=1S/C27H20Cl2N2O6/c1-3-36-27(35)19-6-4-5-7-21(19)31-24(32)22(29)23(25(31)33)30-17-10-8-16(9-11-17)26(34)37-18-12-13-20(28)15(2)14-18/h4-14,30H,3H2,1-2H3. The summed E-state index contributed by atoms with van der Waals surface area (Å²) in [4.78, 5) is 51.7. The second-order valence-corrected chi connectivity index (χ2v) is 8.66. The van der Waals surface area contributed by atoms with Gasteiger partial charge in [-0.2, -0.15) is 0 Å². The van der Waals surface area contributed by atoms with Gasteiger partial charge in [-0.1, -0.05) is 35.3 Å². The topological polar surface area (TPSA) is 102 Å². The summed E-state index contributed by atoms with van der Waals surface area (Å²) in [7, 11) is 0. The first kappa shape index (κ1) is 25.9. The molecule has 0 bridgehead atoms. The van der Waals surface area contributed by atoms with Crippen molar-refractivity contribution in [1.82, 2.24) is 0 Å². The Labute approximate surface area is 222 Å². The minimum atomic E-state index is -0.788. The average molecular weight is 539 g/mol. The summed E-state index contributed by atoms with van der Waals surface area (Å²) in [6.45, 7) is 3.58. The lowest BCUT2D eigenvalue weighted by molar-refractivity contribution is -0.120. The second kappa shape index (κ2) is 10.9. The molecule has 0 atom stereocenters. The van der Waals surface area contributed by atoms with Crippen LogP contribution in [0.3, 0.4) is 0 Å². The number of nitrogens with zero attached hydrogens (tertiary/aromatic N) is 1. The number of amides is 2.